The van der Waals surface area contributed by atoms with Crippen molar-refractivity contribution in [3.63, 3.8) is 0 Å². The number of fused-ring (bicyclic) bond motifs is 2. The maximum absolute atomic E-state index is 4.93. The average Bonchev–Trinajstić information content (AvgIpc) is 3.40. The summed E-state index contributed by atoms with van der Waals surface area (Å²) < 4.78 is 0. The van der Waals surface area contributed by atoms with Crippen LogP contribution in [0.2, 0.25) is 13.1 Å². The molecular formula is C26H32Cl2SiZr. The van der Waals surface area contributed by atoms with Gasteiger partial charge in [0.1, 0.15) is 0 Å². The van der Waals surface area contributed by atoms with Gasteiger partial charge in [-0.05, 0) is 11.1 Å². The number of benzene rings is 2. The summed E-state index contributed by atoms with van der Waals surface area (Å²) in [6.07, 6.45) is 12.1. The average molecular weight is 535 g/mol. The molecule has 0 amide bonds. The van der Waals surface area contributed by atoms with E-state index in [4.69, 9.17) is 17.0 Å². The van der Waals surface area contributed by atoms with Crippen molar-refractivity contribution in [3.8, 4) is 0 Å². The molecule has 0 aromatic heterocycles. The van der Waals surface area contributed by atoms with Gasteiger partial charge in [0.15, 0.2) is 0 Å². The van der Waals surface area contributed by atoms with Gasteiger partial charge in [-0.3, -0.25) is 0 Å². The number of halogens is 2. The van der Waals surface area contributed by atoms with Crippen molar-refractivity contribution in [3.05, 3.63) is 90.4 Å². The molecule has 1 aliphatic rings. The van der Waals surface area contributed by atoms with E-state index < -0.39 is 20.8 Å². The molecule has 3 aromatic rings. The smallest absolute Gasteiger partial charge is 0.0809 e. The largest absolute Gasteiger partial charge is 0.168 e. The Morgan fingerprint density at radius 2 is 1.67 bits per heavy atom. The quantitative estimate of drug-likeness (QED) is 0.174. The SMILES string of the molecule is CCC[CH-]CCC1C=Cc2ccccc21.C[Si]C.[Cl][Zr+2][Cl].c1ccc2[cH-]ccc2c1. The van der Waals surface area contributed by atoms with E-state index in [1.54, 1.807) is 0 Å². The van der Waals surface area contributed by atoms with Crippen molar-refractivity contribution >= 4 is 43.4 Å². The fourth-order valence-electron chi connectivity index (χ4n) is 3.29. The summed E-state index contributed by atoms with van der Waals surface area (Å²) in [5.74, 6) is 0.661. The summed E-state index contributed by atoms with van der Waals surface area (Å²) in [5.41, 5.74) is 2.93. The Balaban J connectivity index is 0.000000254. The molecule has 0 spiro atoms. The number of rotatable bonds is 5. The number of allylic oxidation sites excluding steroid dienone is 1. The number of unbranched alkanes of at least 4 members (excludes halogenated alkanes) is 3. The molecule has 158 valence electrons. The molecule has 2 radical (unpaired) electrons. The zero-order valence-electron chi connectivity index (χ0n) is 18.2. The topological polar surface area (TPSA) is 0 Å². The van der Waals surface area contributed by atoms with Crippen LogP contribution in [0.25, 0.3) is 16.8 Å². The molecule has 1 atom stereocenters. The van der Waals surface area contributed by atoms with Crippen molar-refractivity contribution in [1.29, 1.82) is 0 Å². The van der Waals surface area contributed by atoms with Crippen LogP contribution in [-0.4, -0.2) is 9.52 Å². The first kappa shape index (κ1) is 27.5. The van der Waals surface area contributed by atoms with Crippen LogP contribution in [0.1, 0.15) is 49.7 Å². The predicted octanol–water partition coefficient (Wildman–Crippen LogP) is 9.30. The van der Waals surface area contributed by atoms with E-state index in [1.807, 2.05) is 0 Å². The van der Waals surface area contributed by atoms with E-state index in [2.05, 4.69) is 105 Å². The minimum Gasteiger partial charge on any atom is -0.168 e. The van der Waals surface area contributed by atoms with Gasteiger partial charge < -0.3 is 6.42 Å². The van der Waals surface area contributed by atoms with Gasteiger partial charge in [0, 0.05) is 15.4 Å². The number of hydrogen-bond donors (Lipinski definition) is 0. The summed E-state index contributed by atoms with van der Waals surface area (Å²) in [4.78, 5) is 0. The Labute approximate surface area is 204 Å². The summed E-state index contributed by atoms with van der Waals surface area (Å²) in [7, 11) is 11.0. The maximum Gasteiger partial charge on any atom is -0.0809 e. The van der Waals surface area contributed by atoms with Crippen LogP contribution in [0.4, 0.5) is 0 Å². The normalized spacial score (nSPS) is 13.0. The molecule has 4 rings (SSSR count). The zero-order chi connectivity index (χ0) is 22.0. The third-order valence-corrected chi connectivity index (χ3v) is 4.63. The fraction of sp³-hybridized carbons (Fsp3) is 0.308. The molecule has 0 fully saturated rings. The molecule has 0 aliphatic heterocycles. The van der Waals surface area contributed by atoms with E-state index in [-0.39, 0.29) is 0 Å². The first-order chi connectivity index (χ1) is 14.7. The van der Waals surface area contributed by atoms with E-state index >= 15 is 0 Å². The second-order valence-electron chi connectivity index (χ2n) is 6.98. The Morgan fingerprint density at radius 3 is 2.37 bits per heavy atom. The van der Waals surface area contributed by atoms with Crippen LogP contribution in [0.3, 0.4) is 0 Å². The molecule has 1 unspecified atom stereocenters. The van der Waals surface area contributed by atoms with Gasteiger partial charge >= 0.3 is 37.9 Å². The van der Waals surface area contributed by atoms with Gasteiger partial charge in [0.2, 0.25) is 0 Å². The first-order valence-electron chi connectivity index (χ1n) is 10.5. The molecule has 4 heteroatoms. The van der Waals surface area contributed by atoms with Crippen LogP contribution in [0.5, 0.6) is 0 Å². The molecule has 3 aromatic carbocycles. The van der Waals surface area contributed by atoms with E-state index in [1.165, 1.54) is 47.6 Å². The number of hydrogen-bond acceptors (Lipinski definition) is 0. The Bertz CT molecular complexity index is 796. The third-order valence-electron chi connectivity index (χ3n) is 4.63. The van der Waals surface area contributed by atoms with Gasteiger partial charge in [0.25, 0.3) is 0 Å². The second-order valence-corrected chi connectivity index (χ2v) is 11.7. The monoisotopic (exact) mass is 532 g/mol. The molecule has 30 heavy (non-hydrogen) atoms. The van der Waals surface area contributed by atoms with Crippen molar-refractivity contribution in [2.24, 2.45) is 0 Å². The molecule has 0 heterocycles. The standard InChI is InChI=1S/C15H19.C9H7.C2H6Si.2ClH.Zr/c1-2-3-4-5-8-13-11-12-14-9-6-7-10-15(13)14;1-2-5-9-7-3-6-8(9)4-1;1-3-2;;;/h4,6-7,9-13H,2-3,5,8H2,1H3;1-7H;1-2H3;2*1H;/q2*-1;;;;+4/p-2. The molecule has 0 N–H and O–H groups in total. The van der Waals surface area contributed by atoms with Crippen molar-refractivity contribution in [2.45, 2.75) is 51.6 Å². The van der Waals surface area contributed by atoms with Crippen LogP contribution < -0.4 is 0 Å². The van der Waals surface area contributed by atoms with Gasteiger partial charge in [-0.25, -0.2) is 0 Å². The summed E-state index contributed by atoms with van der Waals surface area (Å²) in [6.45, 7) is 6.54. The van der Waals surface area contributed by atoms with Crippen molar-refractivity contribution in [2.75, 3.05) is 0 Å². The van der Waals surface area contributed by atoms with Crippen molar-refractivity contribution in [1.82, 2.24) is 0 Å². The molecule has 0 saturated heterocycles. The van der Waals surface area contributed by atoms with Crippen LogP contribution in [0, 0.1) is 6.42 Å². The Morgan fingerprint density at radius 1 is 1.00 bits per heavy atom. The van der Waals surface area contributed by atoms with E-state index in [0.29, 0.717) is 5.92 Å². The first-order valence-corrected chi connectivity index (χ1v) is 18.8. The van der Waals surface area contributed by atoms with E-state index in [0.717, 1.165) is 9.52 Å². The fourth-order valence-corrected chi connectivity index (χ4v) is 3.29. The van der Waals surface area contributed by atoms with Crippen LogP contribution in [0.15, 0.2) is 72.8 Å². The molecule has 0 saturated carbocycles. The van der Waals surface area contributed by atoms with E-state index in [9.17, 15) is 0 Å². The van der Waals surface area contributed by atoms with Gasteiger partial charge in [0.05, 0.1) is 0 Å². The van der Waals surface area contributed by atoms with Crippen molar-refractivity contribution < 1.29 is 20.8 Å². The second kappa shape index (κ2) is 18.1. The van der Waals surface area contributed by atoms with Crippen LogP contribution in [-0.2, 0) is 20.8 Å². The zero-order valence-corrected chi connectivity index (χ0v) is 23.2. The Hall–Kier alpha value is -0.530. The summed E-state index contributed by atoms with van der Waals surface area (Å²) in [5, 5.41) is 2.66. The molecule has 0 bridgehead atoms. The summed E-state index contributed by atoms with van der Waals surface area (Å²) in [6, 6.07) is 23.4. The minimum absolute atomic E-state index is 0.661. The minimum atomic E-state index is -0.826. The molecule has 0 nitrogen and oxygen atoms in total. The summed E-state index contributed by atoms with van der Waals surface area (Å²) >= 11 is -0.826. The maximum atomic E-state index is 4.93. The third kappa shape index (κ3) is 10.7. The predicted molar refractivity (Wildman–Crippen MR) is 135 cm³/mol. The van der Waals surface area contributed by atoms with Gasteiger partial charge in [-0.1, -0.05) is 75.3 Å². The van der Waals surface area contributed by atoms with Crippen LogP contribution >= 0.6 is 17.0 Å². The Kier molecular flexibility index (Phi) is 16.6. The van der Waals surface area contributed by atoms with Gasteiger partial charge in [-0.2, -0.15) is 30.4 Å². The molecular weight excluding hydrogens is 503 g/mol. The molecule has 1 aliphatic carbocycles. The van der Waals surface area contributed by atoms with Gasteiger partial charge in [-0.15, -0.1) is 29.7 Å².